The number of thiophene rings is 1. The second-order valence-electron chi connectivity index (χ2n) is 4.57. The minimum atomic E-state index is 0.166. The molecule has 2 aromatic rings. The molecule has 0 radical (unpaired) electrons. The highest BCUT2D eigenvalue weighted by atomic mass is 79.9. The molecule has 1 aromatic carbocycles. The number of nitrogens with one attached hydrogen (secondary N) is 1. The van der Waals surface area contributed by atoms with Crippen molar-refractivity contribution >= 4 is 27.3 Å². The molecule has 4 heteroatoms. The lowest BCUT2D eigenvalue weighted by molar-refractivity contribution is 0.441. The molecule has 0 fully saturated rings. The summed E-state index contributed by atoms with van der Waals surface area (Å²) in [6.07, 6.45) is 0.939. The number of hydrogen-bond donors (Lipinski definition) is 2. The van der Waals surface area contributed by atoms with Gasteiger partial charge in [-0.3, -0.25) is 0 Å². The predicted octanol–water partition coefficient (Wildman–Crippen LogP) is 4.77. The summed E-state index contributed by atoms with van der Waals surface area (Å²) < 4.78 is 0.993. The quantitative estimate of drug-likeness (QED) is 0.822. The minimum absolute atomic E-state index is 0.166. The Morgan fingerprint density at radius 1 is 1.37 bits per heavy atom. The van der Waals surface area contributed by atoms with E-state index >= 15 is 0 Å². The fraction of sp³-hybridized carbons (Fsp3) is 0.333. The molecule has 1 aromatic heterocycles. The maximum atomic E-state index is 9.99. The molecule has 1 unspecified atom stereocenters. The van der Waals surface area contributed by atoms with E-state index in [1.165, 1.54) is 10.4 Å². The summed E-state index contributed by atoms with van der Waals surface area (Å²) in [7, 11) is 0. The lowest BCUT2D eigenvalue weighted by Gasteiger charge is -2.19. The van der Waals surface area contributed by atoms with Gasteiger partial charge < -0.3 is 10.4 Å². The van der Waals surface area contributed by atoms with E-state index in [1.54, 1.807) is 17.4 Å². The fourth-order valence-corrected chi connectivity index (χ4v) is 3.32. The fourth-order valence-electron chi connectivity index (χ4n) is 2.08. The van der Waals surface area contributed by atoms with Crippen molar-refractivity contribution < 1.29 is 5.11 Å². The lowest BCUT2D eigenvalue weighted by Crippen LogP contribution is -2.20. The molecule has 0 aliphatic rings. The van der Waals surface area contributed by atoms with Gasteiger partial charge in [0.1, 0.15) is 5.75 Å². The van der Waals surface area contributed by atoms with Gasteiger partial charge in [-0.1, -0.05) is 22.9 Å². The van der Waals surface area contributed by atoms with Crippen LogP contribution in [0.4, 0.5) is 0 Å². The number of aromatic hydroxyl groups is 1. The van der Waals surface area contributed by atoms with E-state index in [0.717, 1.165) is 23.0 Å². The summed E-state index contributed by atoms with van der Waals surface area (Å²) in [6.45, 7) is 5.10. The first kappa shape index (κ1) is 14.6. The number of halogens is 1. The zero-order valence-electron chi connectivity index (χ0n) is 11.1. The summed E-state index contributed by atoms with van der Waals surface area (Å²) in [5.41, 5.74) is 2.27. The highest BCUT2D eigenvalue weighted by Crippen LogP contribution is 2.30. The first-order valence-corrected chi connectivity index (χ1v) is 8.03. The van der Waals surface area contributed by atoms with Crippen molar-refractivity contribution in [3.05, 3.63) is 50.1 Å². The Labute approximate surface area is 126 Å². The van der Waals surface area contributed by atoms with Crippen LogP contribution in [0.2, 0.25) is 0 Å². The van der Waals surface area contributed by atoms with Crippen LogP contribution in [0.1, 0.15) is 35.4 Å². The van der Waals surface area contributed by atoms with Gasteiger partial charge in [-0.2, -0.15) is 0 Å². The SMILES string of the molecule is CCC(NCc1sccc1C)c1cc(Br)ccc1O. The third kappa shape index (κ3) is 3.59. The average molecular weight is 340 g/mol. The highest BCUT2D eigenvalue weighted by Gasteiger charge is 2.14. The molecule has 2 rings (SSSR count). The lowest BCUT2D eigenvalue weighted by atomic mass is 10.0. The highest BCUT2D eigenvalue weighted by molar-refractivity contribution is 9.10. The van der Waals surface area contributed by atoms with Crippen LogP contribution in [0.25, 0.3) is 0 Å². The Balaban J connectivity index is 2.12. The van der Waals surface area contributed by atoms with Crippen molar-refractivity contribution in [2.75, 3.05) is 0 Å². The predicted molar refractivity (Wildman–Crippen MR) is 84.7 cm³/mol. The molecule has 2 N–H and O–H groups in total. The number of rotatable bonds is 5. The van der Waals surface area contributed by atoms with Crippen LogP contribution in [0.3, 0.4) is 0 Å². The average Bonchev–Trinajstić information content (AvgIpc) is 2.80. The Morgan fingerprint density at radius 2 is 2.16 bits per heavy atom. The molecule has 0 spiro atoms. The van der Waals surface area contributed by atoms with Crippen LogP contribution in [-0.2, 0) is 6.54 Å². The van der Waals surface area contributed by atoms with E-state index in [4.69, 9.17) is 0 Å². The summed E-state index contributed by atoms with van der Waals surface area (Å²) in [6, 6.07) is 7.88. The Hall–Kier alpha value is -0.840. The smallest absolute Gasteiger partial charge is 0.120 e. The van der Waals surface area contributed by atoms with Crippen LogP contribution >= 0.6 is 27.3 Å². The van der Waals surface area contributed by atoms with Crippen molar-refractivity contribution in [3.63, 3.8) is 0 Å². The van der Waals surface area contributed by atoms with Crippen LogP contribution < -0.4 is 5.32 Å². The van der Waals surface area contributed by atoms with Crippen molar-refractivity contribution in [2.24, 2.45) is 0 Å². The van der Waals surface area contributed by atoms with Crippen LogP contribution in [0, 0.1) is 6.92 Å². The molecule has 0 saturated heterocycles. The van der Waals surface area contributed by atoms with Gasteiger partial charge in [0.15, 0.2) is 0 Å². The third-order valence-electron chi connectivity index (χ3n) is 3.25. The summed E-state index contributed by atoms with van der Waals surface area (Å²) >= 11 is 5.23. The minimum Gasteiger partial charge on any atom is -0.508 e. The Morgan fingerprint density at radius 3 is 2.79 bits per heavy atom. The third-order valence-corrected chi connectivity index (χ3v) is 4.77. The summed E-state index contributed by atoms with van der Waals surface area (Å²) in [4.78, 5) is 1.35. The topological polar surface area (TPSA) is 32.3 Å². The number of aryl methyl sites for hydroxylation is 1. The molecule has 2 nitrogen and oxygen atoms in total. The van der Waals surface area contributed by atoms with Gasteiger partial charge in [0.05, 0.1) is 0 Å². The zero-order valence-corrected chi connectivity index (χ0v) is 13.5. The van der Waals surface area contributed by atoms with Crippen LogP contribution in [0.5, 0.6) is 5.75 Å². The summed E-state index contributed by atoms with van der Waals surface area (Å²) in [5.74, 6) is 0.352. The van der Waals surface area contributed by atoms with Crippen molar-refractivity contribution in [3.8, 4) is 5.75 Å². The number of hydrogen-bond acceptors (Lipinski definition) is 3. The first-order chi connectivity index (χ1) is 9.11. The molecular weight excluding hydrogens is 322 g/mol. The molecule has 0 aliphatic heterocycles. The van der Waals surface area contributed by atoms with E-state index in [9.17, 15) is 5.11 Å². The van der Waals surface area contributed by atoms with Crippen molar-refractivity contribution in [1.82, 2.24) is 5.32 Å². The second-order valence-corrected chi connectivity index (χ2v) is 6.49. The van der Waals surface area contributed by atoms with Gasteiger partial charge in [0, 0.05) is 27.5 Å². The van der Waals surface area contributed by atoms with Crippen molar-refractivity contribution in [1.29, 1.82) is 0 Å². The molecule has 1 atom stereocenters. The van der Waals surface area contributed by atoms with E-state index < -0.39 is 0 Å². The van der Waals surface area contributed by atoms with Gasteiger partial charge in [0.25, 0.3) is 0 Å². The van der Waals surface area contributed by atoms with Gasteiger partial charge in [-0.25, -0.2) is 0 Å². The maximum Gasteiger partial charge on any atom is 0.120 e. The number of phenolic OH excluding ortho intramolecular Hbond substituents is 1. The maximum absolute atomic E-state index is 9.99. The van der Waals surface area contributed by atoms with Gasteiger partial charge >= 0.3 is 0 Å². The Bertz CT molecular complexity index is 553. The van der Waals surface area contributed by atoms with E-state index in [0.29, 0.717) is 5.75 Å². The standard InChI is InChI=1S/C15H18BrNOS/c1-3-13(12-8-11(16)4-5-14(12)18)17-9-15-10(2)6-7-19-15/h4-8,13,17-18H,3,9H2,1-2H3. The molecule has 102 valence electrons. The molecule has 0 amide bonds. The molecule has 0 bridgehead atoms. The monoisotopic (exact) mass is 339 g/mol. The number of benzene rings is 1. The van der Waals surface area contributed by atoms with Gasteiger partial charge in [-0.05, 0) is 48.6 Å². The first-order valence-electron chi connectivity index (χ1n) is 6.36. The zero-order chi connectivity index (χ0) is 13.8. The van der Waals surface area contributed by atoms with Gasteiger partial charge in [-0.15, -0.1) is 11.3 Å². The second kappa shape index (κ2) is 6.55. The molecular formula is C15H18BrNOS. The van der Waals surface area contributed by atoms with E-state index in [1.807, 2.05) is 12.1 Å². The normalized spacial score (nSPS) is 12.6. The number of phenols is 1. The van der Waals surface area contributed by atoms with Crippen LogP contribution in [-0.4, -0.2) is 5.11 Å². The van der Waals surface area contributed by atoms with E-state index in [-0.39, 0.29) is 6.04 Å². The molecule has 1 heterocycles. The van der Waals surface area contributed by atoms with E-state index in [2.05, 4.69) is 46.5 Å². The molecule has 0 saturated carbocycles. The largest absolute Gasteiger partial charge is 0.508 e. The molecule has 19 heavy (non-hydrogen) atoms. The molecule has 0 aliphatic carbocycles. The summed E-state index contributed by atoms with van der Waals surface area (Å²) in [5, 5.41) is 15.6. The van der Waals surface area contributed by atoms with Crippen LogP contribution in [0.15, 0.2) is 34.1 Å². The Kier molecular flexibility index (Phi) is 5.02. The van der Waals surface area contributed by atoms with Crippen molar-refractivity contribution in [2.45, 2.75) is 32.9 Å². The van der Waals surface area contributed by atoms with Gasteiger partial charge in [0.2, 0.25) is 0 Å².